The average Bonchev–Trinajstić information content (AvgIpc) is 3.10. The van der Waals surface area contributed by atoms with Crippen molar-refractivity contribution in [2.45, 2.75) is 32.8 Å². The molecule has 3 heterocycles. The molecule has 122 valence electrons. The van der Waals surface area contributed by atoms with E-state index in [1.165, 1.54) is 0 Å². The van der Waals surface area contributed by atoms with E-state index in [4.69, 9.17) is 4.74 Å². The van der Waals surface area contributed by atoms with Crippen molar-refractivity contribution in [3.05, 3.63) is 30.6 Å². The fourth-order valence-corrected chi connectivity index (χ4v) is 2.63. The van der Waals surface area contributed by atoms with Gasteiger partial charge in [-0.25, -0.2) is 4.68 Å². The topological polar surface area (TPSA) is 73.1 Å². The lowest BCUT2D eigenvalue weighted by molar-refractivity contribution is -0.136. The number of aromatic nitrogens is 4. The Kier molecular flexibility index (Phi) is 4.55. The number of likely N-dealkylation sites (tertiary alicyclic amines) is 1. The highest BCUT2D eigenvalue weighted by Gasteiger charge is 2.25. The van der Waals surface area contributed by atoms with E-state index in [1.54, 1.807) is 16.9 Å². The van der Waals surface area contributed by atoms with Gasteiger partial charge < -0.3 is 9.64 Å². The number of rotatable bonds is 4. The van der Waals surface area contributed by atoms with E-state index in [1.807, 2.05) is 37.1 Å². The van der Waals surface area contributed by atoms with Gasteiger partial charge in [-0.2, -0.15) is 5.10 Å². The third-order valence-electron chi connectivity index (χ3n) is 3.90. The van der Waals surface area contributed by atoms with Crippen LogP contribution in [-0.4, -0.2) is 50.0 Å². The number of carbonyl (C=O) groups excluding carboxylic acids is 1. The quantitative estimate of drug-likeness (QED) is 0.858. The summed E-state index contributed by atoms with van der Waals surface area (Å²) in [6.45, 7) is 5.34. The molecule has 1 fully saturated rings. The fraction of sp³-hybridized carbons (Fsp3) is 0.500. The zero-order chi connectivity index (χ0) is 16.2. The van der Waals surface area contributed by atoms with Crippen LogP contribution in [0.3, 0.4) is 0 Å². The monoisotopic (exact) mass is 315 g/mol. The molecule has 0 N–H and O–H groups in total. The number of amides is 1. The number of piperidine rings is 1. The first-order valence-corrected chi connectivity index (χ1v) is 7.92. The second-order valence-electron chi connectivity index (χ2n) is 5.98. The lowest BCUT2D eigenvalue weighted by Gasteiger charge is -2.32. The third-order valence-corrected chi connectivity index (χ3v) is 3.90. The van der Waals surface area contributed by atoms with Gasteiger partial charge in [0, 0.05) is 50.3 Å². The smallest absolute Gasteiger partial charge is 0.233 e. The van der Waals surface area contributed by atoms with Crippen LogP contribution in [0.2, 0.25) is 0 Å². The molecule has 0 aliphatic carbocycles. The van der Waals surface area contributed by atoms with E-state index in [2.05, 4.69) is 15.3 Å². The number of nitrogens with zero attached hydrogens (tertiary/aromatic N) is 5. The summed E-state index contributed by atoms with van der Waals surface area (Å²) in [7, 11) is 0. The summed E-state index contributed by atoms with van der Waals surface area (Å²) >= 11 is 0. The maximum absolute atomic E-state index is 12.0. The number of hydrogen-bond donors (Lipinski definition) is 0. The average molecular weight is 315 g/mol. The molecular weight excluding hydrogens is 294 g/mol. The second-order valence-corrected chi connectivity index (χ2v) is 5.98. The van der Waals surface area contributed by atoms with Gasteiger partial charge in [-0.05, 0) is 12.1 Å². The maximum Gasteiger partial charge on any atom is 0.233 e. The van der Waals surface area contributed by atoms with Crippen LogP contribution in [0.4, 0.5) is 0 Å². The van der Waals surface area contributed by atoms with Gasteiger partial charge in [0.05, 0.1) is 0 Å². The highest BCUT2D eigenvalue weighted by Crippen LogP contribution is 2.18. The van der Waals surface area contributed by atoms with Gasteiger partial charge in [0.2, 0.25) is 11.8 Å². The van der Waals surface area contributed by atoms with Crippen molar-refractivity contribution in [3.63, 3.8) is 0 Å². The highest BCUT2D eigenvalue weighted by molar-refractivity contribution is 5.78. The molecule has 0 saturated carbocycles. The largest absolute Gasteiger partial charge is 0.473 e. The molecule has 1 saturated heterocycles. The van der Waals surface area contributed by atoms with Crippen molar-refractivity contribution >= 4 is 5.91 Å². The SMILES string of the molecule is CC(C)C(=O)N1CCC(Oc2ccc(-n3cccn3)nn2)CC1. The Bertz CT molecular complexity index is 631. The molecule has 0 spiro atoms. The van der Waals surface area contributed by atoms with E-state index < -0.39 is 0 Å². The highest BCUT2D eigenvalue weighted by atomic mass is 16.5. The second kappa shape index (κ2) is 6.76. The van der Waals surface area contributed by atoms with Gasteiger partial charge >= 0.3 is 0 Å². The molecule has 3 rings (SSSR count). The van der Waals surface area contributed by atoms with Crippen molar-refractivity contribution < 1.29 is 9.53 Å². The van der Waals surface area contributed by atoms with E-state index in [0.717, 1.165) is 25.9 Å². The predicted octanol–water partition coefficient (Wildman–Crippen LogP) is 1.69. The zero-order valence-corrected chi connectivity index (χ0v) is 13.4. The van der Waals surface area contributed by atoms with Crippen LogP contribution in [-0.2, 0) is 4.79 Å². The minimum atomic E-state index is 0.0492. The molecule has 1 aliphatic heterocycles. The number of hydrogen-bond acceptors (Lipinski definition) is 5. The van der Waals surface area contributed by atoms with E-state index in [9.17, 15) is 4.79 Å². The van der Waals surface area contributed by atoms with Gasteiger partial charge in [-0.15, -0.1) is 10.2 Å². The van der Waals surface area contributed by atoms with Gasteiger partial charge in [-0.1, -0.05) is 13.8 Å². The van der Waals surface area contributed by atoms with Crippen molar-refractivity contribution in [2.24, 2.45) is 5.92 Å². The summed E-state index contributed by atoms with van der Waals surface area (Å²) in [5, 5.41) is 12.3. The standard InChI is InChI=1S/C16H21N5O2/c1-12(2)16(22)20-10-6-13(7-11-20)23-15-5-4-14(18-19-15)21-9-3-8-17-21/h3-5,8-9,12-13H,6-7,10-11H2,1-2H3. The molecule has 2 aromatic rings. The van der Waals surface area contributed by atoms with Gasteiger partial charge in [0.25, 0.3) is 0 Å². The molecule has 7 heteroatoms. The normalized spacial score (nSPS) is 15.9. The molecule has 7 nitrogen and oxygen atoms in total. The van der Waals surface area contributed by atoms with Gasteiger partial charge in [0.15, 0.2) is 5.82 Å². The first kappa shape index (κ1) is 15.5. The molecule has 0 aromatic carbocycles. The number of carbonyl (C=O) groups is 1. The molecular formula is C16H21N5O2. The Balaban J connectivity index is 1.54. The van der Waals surface area contributed by atoms with Crippen molar-refractivity contribution in [3.8, 4) is 11.7 Å². The molecule has 23 heavy (non-hydrogen) atoms. The lowest BCUT2D eigenvalue weighted by atomic mass is 10.1. The Morgan fingerprint density at radius 3 is 2.61 bits per heavy atom. The summed E-state index contributed by atoms with van der Waals surface area (Å²) in [5.74, 6) is 1.43. The van der Waals surface area contributed by atoms with E-state index in [0.29, 0.717) is 11.7 Å². The van der Waals surface area contributed by atoms with E-state index >= 15 is 0 Å². The molecule has 1 aliphatic rings. The van der Waals surface area contributed by atoms with Crippen LogP contribution in [0.15, 0.2) is 30.6 Å². The molecule has 0 atom stereocenters. The van der Waals surface area contributed by atoms with Gasteiger partial charge in [-0.3, -0.25) is 4.79 Å². The summed E-state index contributed by atoms with van der Waals surface area (Å²) in [4.78, 5) is 13.9. The van der Waals surface area contributed by atoms with Crippen LogP contribution in [0.5, 0.6) is 5.88 Å². The van der Waals surface area contributed by atoms with Crippen molar-refractivity contribution in [2.75, 3.05) is 13.1 Å². The molecule has 2 aromatic heterocycles. The molecule has 0 unspecified atom stereocenters. The van der Waals surface area contributed by atoms with E-state index in [-0.39, 0.29) is 17.9 Å². The molecule has 1 amide bonds. The van der Waals surface area contributed by atoms with Crippen LogP contribution in [0.25, 0.3) is 5.82 Å². The summed E-state index contributed by atoms with van der Waals surface area (Å²) in [5.41, 5.74) is 0. The fourth-order valence-electron chi connectivity index (χ4n) is 2.63. The van der Waals surface area contributed by atoms with Gasteiger partial charge in [0.1, 0.15) is 6.10 Å². The maximum atomic E-state index is 12.0. The van der Waals surface area contributed by atoms with Crippen LogP contribution < -0.4 is 4.74 Å². The van der Waals surface area contributed by atoms with Crippen molar-refractivity contribution in [1.29, 1.82) is 0 Å². The number of ether oxygens (including phenoxy) is 1. The molecule has 0 bridgehead atoms. The summed E-state index contributed by atoms with van der Waals surface area (Å²) in [6.07, 6.45) is 5.22. The first-order valence-electron chi connectivity index (χ1n) is 7.92. The summed E-state index contributed by atoms with van der Waals surface area (Å²) < 4.78 is 7.52. The Morgan fingerprint density at radius 2 is 2.04 bits per heavy atom. The Morgan fingerprint density at radius 1 is 1.26 bits per heavy atom. The third kappa shape index (κ3) is 3.67. The first-order chi connectivity index (χ1) is 11.1. The lowest BCUT2D eigenvalue weighted by Crippen LogP contribution is -2.43. The minimum absolute atomic E-state index is 0.0492. The predicted molar refractivity (Wildman–Crippen MR) is 84.2 cm³/mol. The molecule has 0 radical (unpaired) electrons. The Labute approximate surface area is 135 Å². The van der Waals surface area contributed by atoms with Crippen LogP contribution in [0.1, 0.15) is 26.7 Å². The minimum Gasteiger partial charge on any atom is -0.473 e. The Hall–Kier alpha value is -2.44. The van der Waals surface area contributed by atoms with Crippen LogP contribution >= 0.6 is 0 Å². The van der Waals surface area contributed by atoms with Crippen LogP contribution in [0, 0.1) is 5.92 Å². The summed E-state index contributed by atoms with van der Waals surface area (Å²) in [6, 6.07) is 5.46. The zero-order valence-electron chi connectivity index (χ0n) is 13.4. The van der Waals surface area contributed by atoms with Crippen molar-refractivity contribution in [1.82, 2.24) is 24.9 Å².